The van der Waals surface area contributed by atoms with Crippen LogP contribution in [-0.2, 0) is 0 Å². The van der Waals surface area contributed by atoms with Gasteiger partial charge in [0.15, 0.2) is 5.84 Å². The van der Waals surface area contributed by atoms with Crippen LogP contribution in [0.25, 0.3) is 10.9 Å². The third-order valence-electron chi connectivity index (χ3n) is 3.70. The lowest BCUT2D eigenvalue weighted by molar-refractivity contribution is 0.0965. The van der Waals surface area contributed by atoms with E-state index in [9.17, 15) is 4.79 Å². The van der Waals surface area contributed by atoms with Gasteiger partial charge in [0.25, 0.3) is 5.91 Å². The molecule has 7 nitrogen and oxygen atoms in total. The van der Waals surface area contributed by atoms with E-state index in [2.05, 4.69) is 10.3 Å². The molecule has 1 heterocycles. The molecular weight excluding hydrogens is 306 g/mol. The minimum atomic E-state index is -0.136. The normalized spacial score (nSPS) is 11.5. The Labute approximate surface area is 137 Å². The Morgan fingerprint density at radius 1 is 1.12 bits per heavy atom. The second kappa shape index (κ2) is 6.33. The van der Waals surface area contributed by atoms with E-state index < -0.39 is 0 Å². The summed E-state index contributed by atoms with van der Waals surface area (Å²) in [5, 5.41) is 7.28. The largest absolute Gasteiger partial charge is 0.497 e. The summed E-state index contributed by atoms with van der Waals surface area (Å²) >= 11 is 0. The van der Waals surface area contributed by atoms with Crippen molar-refractivity contribution in [2.45, 2.75) is 0 Å². The van der Waals surface area contributed by atoms with Crippen molar-refractivity contribution in [3.63, 3.8) is 0 Å². The van der Waals surface area contributed by atoms with Crippen LogP contribution < -0.4 is 10.5 Å². The van der Waals surface area contributed by atoms with Crippen molar-refractivity contribution in [3.05, 3.63) is 65.9 Å². The Morgan fingerprint density at radius 2 is 1.83 bits per heavy atom. The van der Waals surface area contributed by atoms with E-state index in [4.69, 9.17) is 16.0 Å². The molecule has 0 unspecified atom stereocenters. The standard InChI is InChI=1S/C17H15N5O2/c1-24-14-5-2-11(3-6-14)17(23)22-9-8-12-10-13(4-7-15(12)22)16(18)20-21-19/h2-10H,1H3,(H3,18,19,20). The lowest BCUT2D eigenvalue weighted by Crippen LogP contribution is -2.13. The van der Waals surface area contributed by atoms with Crippen molar-refractivity contribution in [1.29, 1.82) is 5.53 Å². The van der Waals surface area contributed by atoms with Gasteiger partial charge in [-0.15, -0.1) is 5.10 Å². The minimum Gasteiger partial charge on any atom is -0.497 e. The molecule has 0 spiro atoms. The maximum absolute atomic E-state index is 12.7. The molecule has 0 bridgehead atoms. The number of aromatic nitrogens is 1. The molecule has 0 fully saturated rings. The number of nitrogens with one attached hydrogen (secondary N) is 1. The summed E-state index contributed by atoms with van der Waals surface area (Å²) in [6.45, 7) is 0. The van der Waals surface area contributed by atoms with Crippen LogP contribution in [0.5, 0.6) is 5.75 Å². The molecule has 0 aliphatic carbocycles. The highest BCUT2D eigenvalue weighted by Crippen LogP contribution is 2.20. The second-order valence-electron chi connectivity index (χ2n) is 5.08. The summed E-state index contributed by atoms with van der Waals surface area (Å²) in [7, 11) is 1.58. The van der Waals surface area contributed by atoms with Gasteiger partial charge in [-0.25, -0.2) is 0 Å². The van der Waals surface area contributed by atoms with Gasteiger partial charge >= 0.3 is 0 Å². The lowest BCUT2D eigenvalue weighted by Gasteiger charge is -2.06. The van der Waals surface area contributed by atoms with Crippen LogP contribution in [0.1, 0.15) is 15.9 Å². The van der Waals surface area contributed by atoms with E-state index in [-0.39, 0.29) is 11.7 Å². The fraction of sp³-hybridized carbons (Fsp3) is 0.0588. The molecule has 0 saturated heterocycles. The Bertz CT molecular complexity index is 941. The molecule has 3 aromatic rings. The first-order valence-electron chi connectivity index (χ1n) is 7.14. The maximum Gasteiger partial charge on any atom is 0.262 e. The zero-order chi connectivity index (χ0) is 17.1. The van der Waals surface area contributed by atoms with Crippen LogP contribution in [0.2, 0.25) is 0 Å². The fourth-order valence-electron chi connectivity index (χ4n) is 2.46. The number of fused-ring (bicyclic) bond motifs is 1. The van der Waals surface area contributed by atoms with E-state index in [0.717, 1.165) is 10.9 Å². The van der Waals surface area contributed by atoms with Gasteiger partial charge in [0.1, 0.15) is 5.75 Å². The number of nitrogens with zero attached hydrogens (tertiary/aromatic N) is 3. The molecule has 0 amide bonds. The van der Waals surface area contributed by atoms with Crippen LogP contribution in [0, 0.1) is 5.53 Å². The monoisotopic (exact) mass is 321 g/mol. The van der Waals surface area contributed by atoms with Gasteiger partial charge in [0, 0.05) is 22.7 Å². The highest BCUT2D eigenvalue weighted by Gasteiger charge is 2.12. The molecule has 24 heavy (non-hydrogen) atoms. The van der Waals surface area contributed by atoms with E-state index in [1.54, 1.807) is 60.3 Å². The summed E-state index contributed by atoms with van der Waals surface area (Å²) in [6, 6.07) is 14.1. The molecule has 0 aliphatic rings. The van der Waals surface area contributed by atoms with Crippen LogP contribution in [-0.4, -0.2) is 23.4 Å². The fourth-order valence-corrected chi connectivity index (χ4v) is 2.46. The summed E-state index contributed by atoms with van der Waals surface area (Å²) in [5.41, 5.74) is 14.4. The second-order valence-corrected chi connectivity index (χ2v) is 5.08. The van der Waals surface area contributed by atoms with Gasteiger partial charge in [0.2, 0.25) is 0 Å². The van der Waals surface area contributed by atoms with Crippen LogP contribution in [0.15, 0.2) is 65.1 Å². The predicted molar refractivity (Wildman–Crippen MR) is 90.5 cm³/mol. The molecule has 1 aromatic heterocycles. The smallest absolute Gasteiger partial charge is 0.262 e. The number of rotatable bonds is 4. The van der Waals surface area contributed by atoms with Crippen molar-refractivity contribution < 1.29 is 9.53 Å². The third-order valence-corrected chi connectivity index (χ3v) is 3.70. The number of benzene rings is 2. The lowest BCUT2D eigenvalue weighted by atomic mass is 10.1. The summed E-state index contributed by atoms with van der Waals surface area (Å²) < 4.78 is 6.68. The van der Waals surface area contributed by atoms with Crippen LogP contribution in [0.3, 0.4) is 0 Å². The Hall–Kier alpha value is -3.48. The first-order valence-corrected chi connectivity index (χ1v) is 7.14. The Kier molecular flexibility index (Phi) is 4.07. The van der Waals surface area contributed by atoms with Gasteiger partial charge in [-0.05, 0) is 48.5 Å². The third kappa shape index (κ3) is 2.74. The number of carbonyl (C=O) groups excluding carboxylic acids is 1. The number of carbonyl (C=O) groups is 1. The molecule has 0 atom stereocenters. The topological polar surface area (TPSA) is 106 Å². The van der Waals surface area contributed by atoms with Gasteiger partial charge in [-0.3, -0.25) is 9.36 Å². The van der Waals surface area contributed by atoms with Crippen LogP contribution >= 0.6 is 0 Å². The number of nitrogens with two attached hydrogens (primary N) is 1. The van der Waals surface area contributed by atoms with Crippen LogP contribution in [0.4, 0.5) is 0 Å². The molecule has 0 saturated carbocycles. The molecule has 2 aromatic carbocycles. The molecule has 0 radical (unpaired) electrons. The molecule has 3 N–H and O–H groups in total. The quantitative estimate of drug-likeness (QED) is 0.334. The van der Waals surface area contributed by atoms with Crippen molar-refractivity contribution in [2.75, 3.05) is 7.11 Å². The van der Waals surface area contributed by atoms with E-state index in [0.29, 0.717) is 16.9 Å². The molecule has 7 heteroatoms. The van der Waals surface area contributed by atoms with E-state index in [1.165, 1.54) is 0 Å². The number of amidine groups is 1. The number of hydrogen-bond acceptors (Lipinski definition) is 4. The van der Waals surface area contributed by atoms with Crippen molar-refractivity contribution >= 4 is 22.6 Å². The highest BCUT2D eigenvalue weighted by atomic mass is 16.5. The summed E-state index contributed by atoms with van der Waals surface area (Å²) in [4.78, 5) is 12.7. The molecule has 120 valence electrons. The number of ether oxygens (including phenoxy) is 1. The van der Waals surface area contributed by atoms with Crippen molar-refractivity contribution in [1.82, 2.24) is 4.57 Å². The SMILES string of the molecule is COc1ccc(C(=O)n2ccc3cc(C(N)=NN=N)ccc32)cc1. The van der Waals surface area contributed by atoms with Gasteiger partial charge < -0.3 is 10.5 Å². The first-order chi connectivity index (χ1) is 11.6. The average Bonchev–Trinajstić information content (AvgIpc) is 3.04. The zero-order valence-corrected chi connectivity index (χ0v) is 12.9. The van der Waals surface area contributed by atoms with Crippen molar-refractivity contribution in [3.8, 4) is 5.75 Å². The Morgan fingerprint density at radius 3 is 2.50 bits per heavy atom. The van der Waals surface area contributed by atoms with E-state index >= 15 is 0 Å². The average molecular weight is 321 g/mol. The maximum atomic E-state index is 12.7. The van der Waals surface area contributed by atoms with Gasteiger partial charge in [-0.1, -0.05) is 5.22 Å². The Balaban J connectivity index is 1.99. The molecule has 3 rings (SSSR count). The minimum absolute atomic E-state index is 0.136. The number of methoxy groups -OCH3 is 1. The highest BCUT2D eigenvalue weighted by molar-refractivity contribution is 6.05. The molecular formula is C17H15N5O2. The van der Waals surface area contributed by atoms with Gasteiger partial charge in [-0.2, -0.15) is 5.53 Å². The molecule has 0 aliphatic heterocycles. The number of hydrogen-bond donors (Lipinski definition) is 2. The van der Waals surface area contributed by atoms with Crippen molar-refractivity contribution in [2.24, 2.45) is 16.1 Å². The van der Waals surface area contributed by atoms with Gasteiger partial charge in [0.05, 0.1) is 12.6 Å². The first kappa shape index (κ1) is 15.4. The van der Waals surface area contributed by atoms with E-state index in [1.807, 2.05) is 6.07 Å². The predicted octanol–water partition coefficient (Wildman–Crippen LogP) is 2.99. The summed E-state index contributed by atoms with van der Waals surface area (Å²) in [5.74, 6) is 0.715. The summed E-state index contributed by atoms with van der Waals surface area (Å²) in [6.07, 6.45) is 1.71. The zero-order valence-electron chi connectivity index (χ0n) is 12.9.